The maximum Gasteiger partial charge on any atom is 0.332 e. The molecule has 0 saturated carbocycles. The molecular formula is C11H18N4O6. The van der Waals surface area contributed by atoms with Gasteiger partial charge in [0, 0.05) is 20.3 Å². The molecule has 0 aliphatic rings. The Balaban J connectivity index is 3.18. The third-order valence-electron chi connectivity index (χ3n) is 2.97. The molecule has 0 aliphatic heterocycles. The topological polar surface area (TPSA) is 163 Å². The van der Waals surface area contributed by atoms with E-state index in [1.165, 1.54) is 14.1 Å². The molecule has 0 unspecified atom stereocenters. The van der Waals surface area contributed by atoms with Gasteiger partial charge in [-0.2, -0.15) is 0 Å². The van der Waals surface area contributed by atoms with Gasteiger partial charge in [-0.05, 0) is 0 Å². The highest BCUT2D eigenvalue weighted by molar-refractivity contribution is 5.71. The number of aliphatic hydroxyl groups is 4. The highest BCUT2D eigenvalue weighted by Gasteiger charge is 2.23. The minimum absolute atomic E-state index is 0.205. The van der Waals surface area contributed by atoms with Crippen molar-refractivity contribution >= 4 is 17.7 Å². The standard InChI is InChI=1S/C11H18N4O6/c1-14-9(12)7(10(20)15(2)11(14)21)13-3-5(17)8(19)6(18)4-16/h3,5-6,8,16-19H,4,12H2,1-2H3/t5-,6+,8-/m0/s1. The van der Waals surface area contributed by atoms with Crippen LogP contribution in [-0.4, -0.2) is 60.7 Å². The molecule has 6 N–H and O–H groups in total. The van der Waals surface area contributed by atoms with Gasteiger partial charge in [-0.15, -0.1) is 0 Å². The average molecular weight is 302 g/mol. The highest BCUT2D eigenvalue weighted by Crippen LogP contribution is 2.13. The van der Waals surface area contributed by atoms with Crippen LogP contribution in [0.25, 0.3) is 0 Å². The van der Waals surface area contributed by atoms with Gasteiger partial charge in [-0.3, -0.25) is 13.9 Å². The maximum absolute atomic E-state index is 11.9. The second kappa shape index (κ2) is 6.63. The lowest BCUT2D eigenvalue weighted by Crippen LogP contribution is -2.40. The number of nitrogens with zero attached hydrogens (tertiary/aromatic N) is 3. The van der Waals surface area contributed by atoms with Crippen LogP contribution < -0.4 is 17.0 Å². The van der Waals surface area contributed by atoms with Crippen molar-refractivity contribution in [3.05, 3.63) is 20.8 Å². The van der Waals surface area contributed by atoms with E-state index in [9.17, 15) is 24.9 Å². The first kappa shape index (κ1) is 17.0. The molecule has 118 valence electrons. The van der Waals surface area contributed by atoms with Crippen LogP contribution in [-0.2, 0) is 14.1 Å². The smallest absolute Gasteiger partial charge is 0.332 e. The van der Waals surface area contributed by atoms with Gasteiger partial charge in [-0.1, -0.05) is 0 Å². The van der Waals surface area contributed by atoms with Crippen molar-refractivity contribution in [1.82, 2.24) is 9.13 Å². The molecule has 1 aromatic rings. The van der Waals surface area contributed by atoms with Crippen LogP contribution in [0.1, 0.15) is 0 Å². The van der Waals surface area contributed by atoms with E-state index in [2.05, 4.69) is 4.99 Å². The van der Waals surface area contributed by atoms with Crippen LogP contribution >= 0.6 is 0 Å². The predicted molar refractivity (Wildman–Crippen MR) is 74.6 cm³/mol. The van der Waals surface area contributed by atoms with Crippen molar-refractivity contribution in [2.24, 2.45) is 19.1 Å². The Hall–Kier alpha value is -2.01. The summed E-state index contributed by atoms with van der Waals surface area (Å²) >= 11 is 0. The normalized spacial score (nSPS) is 16.1. The zero-order valence-electron chi connectivity index (χ0n) is 11.5. The number of aliphatic hydroxyl groups excluding tert-OH is 4. The van der Waals surface area contributed by atoms with Crippen LogP contribution in [0, 0.1) is 0 Å². The van der Waals surface area contributed by atoms with E-state index in [1.54, 1.807) is 0 Å². The lowest BCUT2D eigenvalue weighted by Gasteiger charge is -2.18. The first-order valence-electron chi connectivity index (χ1n) is 5.97. The lowest BCUT2D eigenvalue weighted by atomic mass is 10.1. The monoisotopic (exact) mass is 302 g/mol. The second-order valence-corrected chi connectivity index (χ2v) is 4.45. The summed E-state index contributed by atoms with van der Waals surface area (Å²) in [5, 5.41) is 36.8. The first-order chi connectivity index (χ1) is 9.72. The Morgan fingerprint density at radius 3 is 2.33 bits per heavy atom. The van der Waals surface area contributed by atoms with E-state index in [0.717, 1.165) is 15.3 Å². The summed E-state index contributed by atoms with van der Waals surface area (Å²) in [6.45, 7) is -0.754. The third-order valence-corrected chi connectivity index (χ3v) is 2.97. The van der Waals surface area contributed by atoms with Crippen molar-refractivity contribution in [2.75, 3.05) is 12.3 Å². The van der Waals surface area contributed by atoms with E-state index < -0.39 is 36.2 Å². The van der Waals surface area contributed by atoms with E-state index in [-0.39, 0.29) is 11.5 Å². The Labute approximate surface area is 119 Å². The van der Waals surface area contributed by atoms with Gasteiger partial charge in [0.2, 0.25) is 0 Å². The first-order valence-corrected chi connectivity index (χ1v) is 5.97. The molecule has 0 aliphatic carbocycles. The molecule has 0 amide bonds. The van der Waals surface area contributed by atoms with E-state index >= 15 is 0 Å². The molecule has 0 saturated heterocycles. The van der Waals surface area contributed by atoms with Gasteiger partial charge in [0.1, 0.15) is 24.1 Å². The van der Waals surface area contributed by atoms with E-state index in [4.69, 9.17) is 10.8 Å². The molecular weight excluding hydrogens is 284 g/mol. The van der Waals surface area contributed by atoms with Gasteiger partial charge < -0.3 is 26.2 Å². The minimum Gasteiger partial charge on any atom is -0.394 e. The molecule has 0 fully saturated rings. The van der Waals surface area contributed by atoms with Crippen molar-refractivity contribution in [2.45, 2.75) is 18.3 Å². The Morgan fingerprint density at radius 1 is 1.24 bits per heavy atom. The molecule has 10 heteroatoms. The van der Waals surface area contributed by atoms with Gasteiger partial charge in [0.25, 0.3) is 5.56 Å². The molecule has 1 heterocycles. The molecule has 10 nitrogen and oxygen atoms in total. The number of aliphatic imine (C=N–C) groups is 1. The van der Waals surface area contributed by atoms with E-state index in [0.29, 0.717) is 0 Å². The van der Waals surface area contributed by atoms with Crippen LogP contribution in [0.5, 0.6) is 0 Å². The fourth-order valence-corrected chi connectivity index (χ4v) is 1.54. The minimum atomic E-state index is -1.68. The molecule has 0 aromatic carbocycles. The molecule has 0 spiro atoms. The van der Waals surface area contributed by atoms with Gasteiger partial charge >= 0.3 is 5.69 Å². The molecule has 0 bridgehead atoms. The van der Waals surface area contributed by atoms with Crippen molar-refractivity contribution in [1.29, 1.82) is 0 Å². The summed E-state index contributed by atoms with van der Waals surface area (Å²) in [5.41, 5.74) is 3.92. The third kappa shape index (κ3) is 3.36. The molecule has 0 radical (unpaired) electrons. The summed E-state index contributed by atoms with van der Waals surface area (Å²) in [7, 11) is 2.58. The SMILES string of the molecule is Cn1c(N)c(N=C[C@H](O)[C@H](O)[C@H](O)CO)c(=O)n(C)c1=O. The number of aromatic nitrogens is 2. The fraction of sp³-hybridized carbons (Fsp3) is 0.545. The van der Waals surface area contributed by atoms with Crippen LogP contribution in [0.3, 0.4) is 0 Å². The number of hydrogen-bond acceptors (Lipinski definition) is 8. The Morgan fingerprint density at radius 2 is 1.81 bits per heavy atom. The Kier molecular flexibility index (Phi) is 5.38. The summed E-state index contributed by atoms with van der Waals surface area (Å²) in [5.74, 6) is -0.205. The zero-order chi connectivity index (χ0) is 16.3. The lowest BCUT2D eigenvalue weighted by molar-refractivity contribution is -0.0541. The van der Waals surface area contributed by atoms with Crippen molar-refractivity contribution in [3.63, 3.8) is 0 Å². The van der Waals surface area contributed by atoms with Gasteiger partial charge in [-0.25, -0.2) is 9.79 Å². The number of hydrogen-bond donors (Lipinski definition) is 5. The Bertz CT molecular complexity index is 649. The fourth-order valence-electron chi connectivity index (χ4n) is 1.54. The van der Waals surface area contributed by atoms with Gasteiger partial charge in [0.15, 0.2) is 5.69 Å². The number of rotatable bonds is 5. The van der Waals surface area contributed by atoms with Crippen molar-refractivity contribution in [3.8, 4) is 0 Å². The summed E-state index contributed by atoms with van der Waals surface area (Å²) < 4.78 is 1.79. The number of nitrogens with two attached hydrogens (primary N) is 1. The van der Waals surface area contributed by atoms with Crippen LogP contribution in [0.4, 0.5) is 11.5 Å². The summed E-state index contributed by atoms with van der Waals surface area (Å²) in [6.07, 6.45) is -4.09. The summed E-state index contributed by atoms with van der Waals surface area (Å²) in [4.78, 5) is 27.1. The van der Waals surface area contributed by atoms with E-state index in [1.807, 2.05) is 0 Å². The molecule has 1 aromatic heterocycles. The number of nitrogen functional groups attached to an aromatic ring is 1. The van der Waals surface area contributed by atoms with Crippen LogP contribution in [0.2, 0.25) is 0 Å². The maximum atomic E-state index is 11.9. The molecule has 21 heavy (non-hydrogen) atoms. The molecule has 3 atom stereocenters. The second-order valence-electron chi connectivity index (χ2n) is 4.45. The van der Waals surface area contributed by atoms with Gasteiger partial charge in [0.05, 0.1) is 6.61 Å². The zero-order valence-corrected chi connectivity index (χ0v) is 11.5. The predicted octanol–water partition coefficient (Wildman–Crippen LogP) is -3.56. The largest absolute Gasteiger partial charge is 0.394 e. The summed E-state index contributed by atoms with van der Waals surface area (Å²) in [6, 6.07) is 0. The average Bonchev–Trinajstić information content (AvgIpc) is 2.49. The molecule has 1 rings (SSSR count). The van der Waals surface area contributed by atoms with Crippen LogP contribution in [0.15, 0.2) is 14.6 Å². The number of anilines is 1. The highest BCUT2D eigenvalue weighted by atomic mass is 16.4. The quantitative estimate of drug-likeness (QED) is 0.351. The van der Waals surface area contributed by atoms with Crippen molar-refractivity contribution < 1.29 is 20.4 Å².